The number of hydrogen-bond acceptors (Lipinski definition) is 3. The van der Waals surface area contributed by atoms with Gasteiger partial charge in [-0.1, -0.05) is 12.1 Å². The SMILES string of the molecule is CC1(c2cccc(Oc3ccc(F)cc3)c2)CC(=O)NN1. The molecule has 108 valence electrons. The maximum absolute atomic E-state index is 12.9. The van der Waals surface area contributed by atoms with E-state index in [4.69, 9.17) is 4.74 Å². The molecule has 1 unspecified atom stereocenters. The molecule has 1 amide bonds. The lowest BCUT2D eigenvalue weighted by atomic mass is 9.90. The lowest BCUT2D eigenvalue weighted by Gasteiger charge is -2.23. The Morgan fingerprint density at radius 3 is 2.57 bits per heavy atom. The van der Waals surface area contributed by atoms with Gasteiger partial charge >= 0.3 is 0 Å². The fourth-order valence-corrected chi connectivity index (χ4v) is 2.33. The van der Waals surface area contributed by atoms with Crippen molar-refractivity contribution in [2.75, 3.05) is 0 Å². The van der Waals surface area contributed by atoms with Crippen molar-refractivity contribution in [2.24, 2.45) is 0 Å². The van der Waals surface area contributed by atoms with Crippen molar-refractivity contribution >= 4 is 5.91 Å². The molecule has 3 rings (SSSR count). The average molecular weight is 286 g/mol. The van der Waals surface area contributed by atoms with Crippen LogP contribution in [0.2, 0.25) is 0 Å². The van der Waals surface area contributed by atoms with E-state index in [9.17, 15) is 9.18 Å². The summed E-state index contributed by atoms with van der Waals surface area (Å²) >= 11 is 0. The molecule has 1 atom stereocenters. The Labute approximate surface area is 121 Å². The van der Waals surface area contributed by atoms with Gasteiger partial charge in [0.2, 0.25) is 5.91 Å². The molecule has 1 fully saturated rings. The van der Waals surface area contributed by atoms with Crippen LogP contribution in [0.5, 0.6) is 11.5 Å². The Hall–Kier alpha value is -2.40. The number of ether oxygens (including phenoxy) is 1. The van der Waals surface area contributed by atoms with Crippen LogP contribution in [0.1, 0.15) is 18.9 Å². The van der Waals surface area contributed by atoms with Crippen LogP contribution in [0.15, 0.2) is 48.5 Å². The highest BCUT2D eigenvalue weighted by Gasteiger charge is 2.35. The number of benzene rings is 2. The second-order valence-electron chi connectivity index (χ2n) is 5.27. The molecule has 0 saturated carbocycles. The lowest BCUT2D eigenvalue weighted by Crippen LogP contribution is -2.38. The van der Waals surface area contributed by atoms with Gasteiger partial charge < -0.3 is 4.74 Å². The fraction of sp³-hybridized carbons (Fsp3) is 0.188. The maximum Gasteiger partial charge on any atom is 0.236 e. The molecule has 1 aliphatic rings. The summed E-state index contributed by atoms with van der Waals surface area (Å²) in [6.45, 7) is 1.95. The van der Waals surface area contributed by atoms with Gasteiger partial charge in [-0.2, -0.15) is 0 Å². The molecule has 2 aromatic carbocycles. The minimum absolute atomic E-state index is 0.0395. The van der Waals surface area contributed by atoms with Crippen molar-refractivity contribution in [1.82, 2.24) is 10.9 Å². The van der Waals surface area contributed by atoms with Crippen molar-refractivity contribution in [3.63, 3.8) is 0 Å². The zero-order chi connectivity index (χ0) is 14.9. The van der Waals surface area contributed by atoms with Gasteiger partial charge in [0.15, 0.2) is 0 Å². The summed E-state index contributed by atoms with van der Waals surface area (Å²) in [7, 11) is 0. The summed E-state index contributed by atoms with van der Waals surface area (Å²) in [5.74, 6) is 0.861. The Morgan fingerprint density at radius 2 is 1.90 bits per heavy atom. The number of nitrogens with one attached hydrogen (secondary N) is 2. The molecule has 1 aliphatic heterocycles. The third kappa shape index (κ3) is 2.87. The van der Waals surface area contributed by atoms with Crippen molar-refractivity contribution in [3.8, 4) is 11.5 Å². The first-order chi connectivity index (χ1) is 10.0. The van der Waals surface area contributed by atoms with Crippen molar-refractivity contribution in [3.05, 3.63) is 59.9 Å². The Morgan fingerprint density at radius 1 is 1.14 bits per heavy atom. The Kier molecular flexibility index (Phi) is 3.35. The second kappa shape index (κ2) is 5.18. The van der Waals surface area contributed by atoms with E-state index >= 15 is 0 Å². The molecule has 0 aliphatic carbocycles. The summed E-state index contributed by atoms with van der Waals surface area (Å²) in [6.07, 6.45) is 0.368. The van der Waals surface area contributed by atoms with E-state index in [1.807, 2.05) is 31.2 Å². The van der Waals surface area contributed by atoms with Crippen LogP contribution in [0, 0.1) is 5.82 Å². The van der Waals surface area contributed by atoms with Crippen molar-refractivity contribution in [2.45, 2.75) is 18.9 Å². The van der Waals surface area contributed by atoms with Crippen LogP contribution < -0.4 is 15.6 Å². The zero-order valence-corrected chi connectivity index (χ0v) is 11.5. The number of hydrogen-bond donors (Lipinski definition) is 2. The number of carbonyl (C=O) groups excluding carboxylic acids is 1. The van der Waals surface area contributed by atoms with Gasteiger partial charge in [0, 0.05) is 0 Å². The van der Waals surface area contributed by atoms with Crippen LogP contribution in [0.3, 0.4) is 0 Å². The Bertz CT molecular complexity index is 672. The minimum Gasteiger partial charge on any atom is -0.457 e. The van der Waals surface area contributed by atoms with Gasteiger partial charge in [-0.05, 0) is 48.9 Å². The average Bonchev–Trinajstić information content (AvgIpc) is 2.83. The van der Waals surface area contributed by atoms with Crippen LogP contribution >= 0.6 is 0 Å². The van der Waals surface area contributed by atoms with E-state index in [2.05, 4.69) is 10.9 Å². The number of carbonyl (C=O) groups is 1. The van der Waals surface area contributed by atoms with E-state index in [1.165, 1.54) is 12.1 Å². The van der Waals surface area contributed by atoms with Gasteiger partial charge in [0.05, 0.1) is 12.0 Å². The molecule has 0 spiro atoms. The molecule has 1 saturated heterocycles. The van der Waals surface area contributed by atoms with Crippen LogP contribution in [0.25, 0.3) is 0 Å². The highest BCUT2D eigenvalue weighted by Crippen LogP contribution is 2.31. The predicted octanol–water partition coefficient (Wildman–Crippen LogP) is 2.86. The molecule has 0 aromatic heterocycles. The molecule has 1 heterocycles. The van der Waals surface area contributed by atoms with Gasteiger partial charge in [0.1, 0.15) is 17.3 Å². The van der Waals surface area contributed by atoms with E-state index in [-0.39, 0.29) is 11.7 Å². The standard InChI is InChI=1S/C16H15FN2O2/c1-16(10-15(20)18-19-16)11-3-2-4-14(9-11)21-13-7-5-12(17)6-8-13/h2-9,19H,10H2,1H3,(H,18,20). The van der Waals surface area contributed by atoms with Gasteiger partial charge in [0.25, 0.3) is 0 Å². The highest BCUT2D eigenvalue weighted by atomic mass is 19.1. The monoisotopic (exact) mass is 286 g/mol. The molecular formula is C16H15FN2O2. The summed E-state index contributed by atoms with van der Waals surface area (Å²) in [5, 5.41) is 0. The number of amides is 1. The molecule has 2 aromatic rings. The van der Waals surface area contributed by atoms with Crippen LogP contribution in [0.4, 0.5) is 4.39 Å². The molecular weight excluding hydrogens is 271 g/mol. The lowest BCUT2D eigenvalue weighted by molar-refractivity contribution is -0.119. The first-order valence-electron chi connectivity index (χ1n) is 6.65. The quantitative estimate of drug-likeness (QED) is 0.912. The number of rotatable bonds is 3. The number of halogens is 1. The first kappa shape index (κ1) is 13.6. The Balaban J connectivity index is 1.83. The van der Waals surface area contributed by atoms with Crippen LogP contribution in [-0.2, 0) is 10.3 Å². The molecule has 5 heteroatoms. The third-order valence-electron chi connectivity index (χ3n) is 3.51. The second-order valence-corrected chi connectivity index (χ2v) is 5.27. The maximum atomic E-state index is 12.9. The zero-order valence-electron chi connectivity index (χ0n) is 11.5. The molecule has 0 bridgehead atoms. The van der Waals surface area contributed by atoms with E-state index < -0.39 is 5.54 Å². The van der Waals surface area contributed by atoms with Crippen LogP contribution in [-0.4, -0.2) is 5.91 Å². The van der Waals surface area contributed by atoms with Gasteiger partial charge in [-0.3, -0.25) is 10.2 Å². The minimum atomic E-state index is -0.459. The molecule has 0 radical (unpaired) electrons. The first-order valence-corrected chi connectivity index (χ1v) is 6.65. The number of hydrazine groups is 1. The van der Waals surface area contributed by atoms with E-state index in [1.54, 1.807) is 12.1 Å². The third-order valence-corrected chi connectivity index (χ3v) is 3.51. The highest BCUT2D eigenvalue weighted by molar-refractivity contribution is 5.79. The molecule has 21 heavy (non-hydrogen) atoms. The topological polar surface area (TPSA) is 50.4 Å². The van der Waals surface area contributed by atoms with E-state index in [0.717, 1.165) is 5.56 Å². The largest absolute Gasteiger partial charge is 0.457 e. The van der Waals surface area contributed by atoms with Gasteiger partial charge in [-0.25, -0.2) is 9.82 Å². The van der Waals surface area contributed by atoms with Crippen molar-refractivity contribution in [1.29, 1.82) is 0 Å². The normalized spacial score (nSPS) is 21.1. The summed E-state index contributed by atoms with van der Waals surface area (Å²) in [5.41, 5.74) is 6.09. The molecule has 4 nitrogen and oxygen atoms in total. The summed E-state index contributed by atoms with van der Waals surface area (Å²) < 4.78 is 18.6. The molecule has 2 N–H and O–H groups in total. The summed E-state index contributed by atoms with van der Waals surface area (Å²) in [4.78, 5) is 11.4. The van der Waals surface area contributed by atoms with Crippen molar-refractivity contribution < 1.29 is 13.9 Å². The van der Waals surface area contributed by atoms with Gasteiger partial charge in [-0.15, -0.1) is 0 Å². The van der Waals surface area contributed by atoms with E-state index in [0.29, 0.717) is 17.9 Å². The fourth-order valence-electron chi connectivity index (χ4n) is 2.33. The predicted molar refractivity (Wildman–Crippen MR) is 76.2 cm³/mol. The summed E-state index contributed by atoms with van der Waals surface area (Å²) in [6, 6.07) is 13.3. The smallest absolute Gasteiger partial charge is 0.236 e.